The summed E-state index contributed by atoms with van der Waals surface area (Å²) in [5, 5.41) is 7.83. The Balaban J connectivity index is 1.60. The molecule has 1 aliphatic carbocycles. The molecule has 100 valence electrons. The Labute approximate surface area is 112 Å². The van der Waals surface area contributed by atoms with Gasteiger partial charge in [0, 0.05) is 32.1 Å². The molecule has 0 aliphatic heterocycles. The van der Waals surface area contributed by atoms with Gasteiger partial charge in [-0.2, -0.15) is 5.10 Å². The van der Waals surface area contributed by atoms with Gasteiger partial charge in [-0.3, -0.25) is 4.68 Å². The summed E-state index contributed by atoms with van der Waals surface area (Å²) < 4.78 is 1.73. The topological polar surface area (TPSA) is 68.8 Å². The first-order valence-electron chi connectivity index (χ1n) is 6.66. The van der Waals surface area contributed by atoms with Crippen LogP contribution in [0.3, 0.4) is 0 Å². The van der Waals surface area contributed by atoms with Gasteiger partial charge < -0.3 is 11.1 Å². The van der Waals surface area contributed by atoms with Crippen molar-refractivity contribution in [1.82, 2.24) is 20.1 Å². The lowest BCUT2D eigenvalue weighted by Crippen LogP contribution is -2.23. The number of nitrogens with one attached hydrogen (secondary N) is 1. The Hall–Kier alpha value is -1.72. The lowest BCUT2D eigenvalue weighted by molar-refractivity contribution is 0.498. The summed E-state index contributed by atoms with van der Waals surface area (Å²) in [5.41, 5.74) is 8.77. The van der Waals surface area contributed by atoms with Gasteiger partial charge in [0.2, 0.25) is 0 Å². The van der Waals surface area contributed by atoms with E-state index in [1.165, 1.54) is 11.1 Å². The van der Waals surface area contributed by atoms with Gasteiger partial charge in [-0.15, -0.1) is 0 Å². The predicted octanol–water partition coefficient (Wildman–Crippen LogP) is 1.09. The zero-order chi connectivity index (χ0) is 13.2. The van der Waals surface area contributed by atoms with E-state index in [1.54, 1.807) is 11.0 Å². The molecule has 3 rings (SSSR count). The van der Waals surface area contributed by atoms with Gasteiger partial charge in [0.25, 0.3) is 0 Å². The van der Waals surface area contributed by atoms with Crippen LogP contribution in [-0.2, 0) is 13.5 Å². The van der Waals surface area contributed by atoms with E-state index >= 15 is 0 Å². The Morgan fingerprint density at radius 2 is 2.16 bits per heavy atom. The molecule has 0 saturated heterocycles. The number of nitrogens with zero attached hydrogens (tertiary/aromatic N) is 3. The van der Waals surface area contributed by atoms with Crippen LogP contribution < -0.4 is 11.1 Å². The summed E-state index contributed by atoms with van der Waals surface area (Å²) in [6, 6.07) is 8.93. The fraction of sp³-hybridized carbons (Fsp3) is 0.429. The molecule has 0 amide bonds. The monoisotopic (exact) mass is 257 g/mol. The third-order valence-electron chi connectivity index (χ3n) is 3.65. The van der Waals surface area contributed by atoms with Crippen molar-refractivity contribution in [2.24, 2.45) is 12.8 Å². The zero-order valence-corrected chi connectivity index (χ0v) is 11.1. The fourth-order valence-electron chi connectivity index (χ4n) is 2.72. The van der Waals surface area contributed by atoms with Crippen molar-refractivity contribution in [3.05, 3.63) is 47.5 Å². The van der Waals surface area contributed by atoms with Crippen LogP contribution in [0.2, 0.25) is 0 Å². The Morgan fingerprint density at radius 1 is 1.37 bits per heavy atom. The third-order valence-corrected chi connectivity index (χ3v) is 3.65. The molecule has 1 aliphatic rings. The molecule has 2 unspecified atom stereocenters. The lowest BCUT2D eigenvalue weighted by atomic mass is 10.1. The molecule has 0 saturated carbocycles. The van der Waals surface area contributed by atoms with Crippen molar-refractivity contribution in [1.29, 1.82) is 0 Å². The van der Waals surface area contributed by atoms with E-state index in [2.05, 4.69) is 39.7 Å². The minimum atomic E-state index is 0.154. The minimum absolute atomic E-state index is 0.154. The molecule has 5 nitrogen and oxygen atoms in total. The molecule has 2 atom stereocenters. The highest BCUT2D eigenvalue weighted by Gasteiger charge is 2.27. The van der Waals surface area contributed by atoms with Gasteiger partial charge in [0.05, 0.1) is 0 Å². The van der Waals surface area contributed by atoms with Crippen LogP contribution in [0.1, 0.15) is 35.5 Å². The molecule has 0 spiro atoms. The lowest BCUT2D eigenvalue weighted by Gasteiger charge is -2.13. The Morgan fingerprint density at radius 3 is 2.89 bits per heavy atom. The molecule has 5 heteroatoms. The number of aromatic nitrogens is 3. The predicted molar refractivity (Wildman–Crippen MR) is 73.4 cm³/mol. The summed E-state index contributed by atoms with van der Waals surface area (Å²) in [7, 11) is 1.89. The molecule has 0 bridgehead atoms. The van der Waals surface area contributed by atoms with Crippen LogP contribution in [0.5, 0.6) is 0 Å². The average Bonchev–Trinajstić information content (AvgIpc) is 2.96. The van der Waals surface area contributed by atoms with Crippen molar-refractivity contribution in [3.63, 3.8) is 0 Å². The normalized spacial score (nSPS) is 21.6. The maximum Gasteiger partial charge on any atom is 0.151 e. The maximum absolute atomic E-state index is 6.15. The second-order valence-corrected chi connectivity index (χ2v) is 5.06. The van der Waals surface area contributed by atoms with E-state index in [1.807, 2.05) is 7.05 Å². The number of hydrogen-bond acceptors (Lipinski definition) is 4. The van der Waals surface area contributed by atoms with Crippen LogP contribution >= 0.6 is 0 Å². The number of aryl methyl sites for hydroxylation is 1. The first-order chi connectivity index (χ1) is 9.24. The van der Waals surface area contributed by atoms with Gasteiger partial charge in [-0.1, -0.05) is 24.3 Å². The maximum atomic E-state index is 6.15. The average molecular weight is 257 g/mol. The standard InChI is InChI=1S/C14H19N5/c1-19-9-17-14(18-19)6-7-16-13-8-12(15)10-4-2-3-5-11(10)13/h2-5,9,12-13,16H,6-8,15H2,1H3. The number of fused-ring (bicyclic) bond motifs is 1. The Kier molecular flexibility index (Phi) is 3.31. The van der Waals surface area contributed by atoms with Crippen LogP contribution in [-0.4, -0.2) is 21.3 Å². The van der Waals surface area contributed by atoms with Gasteiger partial charge in [0.15, 0.2) is 5.82 Å². The zero-order valence-electron chi connectivity index (χ0n) is 11.1. The van der Waals surface area contributed by atoms with Gasteiger partial charge in [-0.25, -0.2) is 4.98 Å². The second-order valence-electron chi connectivity index (χ2n) is 5.06. The highest BCUT2D eigenvalue weighted by Crippen LogP contribution is 2.36. The molecule has 19 heavy (non-hydrogen) atoms. The first kappa shape index (κ1) is 12.3. The van der Waals surface area contributed by atoms with Crippen LogP contribution in [0.25, 0.3) is 0 Å². The minimum Gasteiger partial charge on any atom is -0.324 e. The van der Waals surface area contributed by atoms with Gasteiger partial charge in [0.1, 0.15) is 6.33 Å². The van der Waals surface area contributed by atoms with Gasteiger partial charge in [-0.05, 0) is 17.5 Å². The molecule has 0 fully saturated rings. The molecule has 1 heterocycles. The quantitative estimate of drug-likeness (QED) is 0.860. The van der Waals surface area contributed by atoms with Gasteiger partial charge >= 0.3 is 0 Å². The number of hydrogen-bond donors (Lipinski definition) is 2. The summed E-state index contributed by atoms with van der Waals surface area (Å²) in [6.45, 7) is 0.871. The van der Waals surface area contributed by atoms with E-state index < -0.39 is 0 Å². The summed E-state index contributed by atoms with van der Waals surface area (Å²) in [6.07, 6.45) is 3.54. The number of nitrogens with two attached hydrogens (primary N) is 1. The molecule has 2 aromatic rings. The van der Waals surface area contributed by atoms with E-state index in [-0.39, 0.29) is 6.04 Å². The van der Waals surface area contributed by atoms with Crippen molar-refractivity contribution in [2.75, 3.05) is 6.54 Å². The van der Waals surface area contributed by atoms with Crippen LogP contribution in [0.15, 0.2) is 30.6 Å². The molecular formula is C14H19N5. The largest absolute Gasteiger partial charge is 0.324 e. The van der Waals surface area contributed by atoms with Crippen LogP contribution in [0, 0.1) is 0 Å². The van der Waals surface area contributed by atoms with E-state index in [0.29, 0.717) is 6.04 Å². The SMILES string of the molecule is Cn1cnc(CCNC2CC(N)c3ccccc32)n1. The highest BCUT2D eigenvalue weighted by atomic mass is 15.3. The first-order valence-corrected chi connectivity index (χ1v) is 6.66. The van der Waals surface area contributed by atoms with Crippen molar-refractivity contribution >= 4 is 0 Å². The molecule has 3 N–H and O–H groups in total. The Bertz CT molecular complexity index is 562. The van der Waals surface area contributed by atoms with Crippen molar-refractivity contribution in [3.8, 4) is 0 Å². The smallest absolute Gasteiger partial charge is 0.151 e. The number of benzene rings is 1. The summed E-state index contributed by atoms with van der Waals surface area (Å²) in [5.74, 6) is 0.880. The molecular weight excluding hydrogens is 238 g/mol. The van der Waals surface area contributed by atoms with E-state index in [0.717, 1.165) is 25.2 Å². The molecule has 1 aromatic heterocycles. The fourth-order valence-corrected chi connectivity index (χ4v) is 2.72. The van der Waals surface area contributed by atoms with Crippen LogP contribution in [0.4, 0.5) is 0 Å². The molecule has 1 aromatic carbocycles. The molecule has 0 radical (unpaired) electrons. The summed E-state index contributed by atoms with van der Waals surface area (Å²) in [4.78, 5) is 4.23. The summed E-state index contributed by atoms with van der Waals surface area (Å²) >= 11 is 0. The van der Waals surface area contributed by atoms with E-state index in [4.69, 9.17) is 5.73 Å². The van der Waals surface area contributed by atoms with Crippen molar-refractivity contribution in [2.45, 2.75) is 24.9 Å². The van der Waals surface area contributed by atoms with E-state index in [9.17, 15) is 0 Å². The second kappa shape index (κ2) is 5.11. The highest BCUT2D eigenvalue weighted by molar-refractivity contribution is 5.37. The third kappa shape index (κ3) is 2.52. The number of rotatable bonds is 4. The van der Waals surface area contributed by atoms with Crippen molar-refractivity contribution < 1.29 is 0 Å².